The number of anilines is 2. The molecule has 4 N–H and O–H groups in total. The Morgan fingerprint density at radius 1 is 1.10 bits per heavy atom. The Labute approximate surface area is 241 Å². The average molecular weight is 574 g/mol. The maximum absolute atomic E-state index is 13.0. The summed E-state index contributed by atoms with van der Waals surface area (Å²) in [5.41, 5.74) is 4.44. The van der Waals surface area contributed by atoms with E-state index >= 15 is 0 Å². The zero-order chi connectivity index (χ0) is 28.5. The van der Waals surface area contributed by atoms with Crippen molar-refractivity contribution >= 4 is 34.4 Å². The van der Waals surface area contributed by atoms with E-state index in [4.69, 9.17) is 26.6 Å². The second kappa shape index (κ2) is 11.4. The van der Waals surface area contributed by atoms with Crippen LogP contribution in [0.2, 0.25) is 5.02 Å². The summed E-state index contributed by atoms with van der Waals surface area (Å²) in [4.78, 5) is 37.8. The number of fused-ring (bicyclic) bond motifs is 1. The Morgan fingerprint density at radius 2 is 1.93 bits per heavy atom. The van der Waals surface area contributed by atoms with Crippen molar-refractivity contribution in [1.29, 1.82) is 0 Å². The van der Waals surface area contributed by atoms with Gasteiger partial charge in [0.05, 0.1) is 17.5 Å². The third-order valence-corrected chi connectivity index (χ3v) is 7.75. The largest absolute Gasteiger partial charge is 0.387 e. The molecule has 0 amide bonds. The molecule has 0 spiro atoms. The normalized spacial score (nSPS) is 15.0. The van der Waals surface area contributed by atoms with E-state index in [1.54, 1.807) is 36.5 Å². The van der Waals surface area contributed by atoms with E-state index in [0.717, 1.165) is 38.4 Å². The number of nitrogens with zero attached hydrogens (tertiary/aromatic N) is 6. The molecule has 0 radical (unpaired) electrons. The van der Waals surface area contributed by atoms with Gasteiger partial charge < -0.3 is 29.9 Å². The van der Waals surface area contributed by atoms with Crippen molar-refractivity contribution in [3.8, 4) is 11.4 Å². The number of rotatable bonds is 8. The maximum atomic E-state index is 13.0. The van der Waals surface area contributed by atoms with E-state index < -0.39 is 6.10 Å². The van der Waals surface area contributed by atoms with Gasteiger partial charge in [0.15, 0.2) is 5.65 Å². The molecule has 1 aliphatic rings. The Bertz CT molecular complexity index is 1740. The van der Waals surface area contributed by atoms with Gasteiger partial charge in [-0.2, -0.15) is 4.98 Å². The third-order valence-electron chi connectivity index (χ3n) is 7.52. The molecule has 0 aliphatic carbocycles. The summed E-state index contributed by atoms with van der Waals surface area (Å²) in [5, 5.41) is 14.4. The van der Waals surface area contributed by atoms with E-state index in [9.17, 15) is 9.90 Å². The van der Waals surface area contributed by atoms with Gasteiger partial charge in [-0.1, -0.05) is 23.7 Å². The summed E-state index contributed by atoms with van der Waals surface area (Å²) in [6, 6.07) is 13.0. The van der Waals surface area contributed by atoms with Gasteiger partial charge >= 0.3 is 0 Å². The summed E-state index contributed by atoms with van der Waals surface area (Å²) < 4.78 is 2.16. The molecule has 41 heavy (non-hydrogen) atoms. The summed E-state index contributed by atoms with van der Waals surface area (Å²) in [7, 11) is 2.07. The Kier molecular flexibility index (Phi) is 7.48. The quantitative estimate of drug-likeness (QED) is 0.222. The summed E-state index contributed by atoms with van der Waals surface area (Å²) in [6.45, 7) is 6.45. The lowest BCUT2D eigenvalue weighted by molar-refractivity contribution is 0.191. The highest BCUT2D eigenvalue weighted by atomic mass is 35.5. The molecule has 1 fully saturated rings. The first kappa shape index (κ1) is 27.0. The minimum atomic E-state index is -0.819. The molecule has 5 heterocycles. The van der Waals surface area contributed by atoms with Crippen molar-refractivity contribution in [3.05, 3.63) is 87.2 Å². The van der Waals surface area contributed by atoms with Gasteiger partial charge in [0, 0.05) is 69.4 Å². The fourth-order valence-electron chi connectivity index (χ4n) is 5.18. The number of aromatic nitrogens is 6. The highest BCUT2D eigenvalue weighted by Crippen LogP contribution is 2.27. The molecule has 0 bridgehead atoms. The molecular weight excluding hydrogens is 542 g/mol. The van der Waals surface area contributed by atoms with Gasteiger partial charge in [0.2, 0.25) is 5.95 Å². The number of nitrogens with one attached hydrogen (secondary N) is 3. The lowest BCUT2D eigenvalue weighted by atomic mass is 10.1. The molecule has 5 aromatic rings. The predicted molar refractivity (Wildman–Crippen MR) is 160 cm³/mol. The van der Waals surface area contributed by atoms with Crippen LogP contribution in [0, 0.1) is 6.92 Å². The van der Waals surface area contributed by atoms with Crippen molar-refractivity contribution in [2.45, 2.75) is 19.6 Å². The molecule has 0 saturated carbocycles. The minimum absolute atomic E-state index is 0.177. The minimum Gasteiger partial charge on any atom is -0.387 e. The first-order chi connectivity index (χ1) is 19.9. The Morgan fingerprint density at radius 3 is 2.68 bits per heavy atom. The number of benzene rings is 1. The predicted octanol–water partition coefficient (Wildman–Crippen LogP) is 3.48. The lowest BCUT2D eigenvalue weighted by Gasteiger charge is -2.34. The number of aryl methyl sites for hydroxylation is 2. The summed E-state index contributed by atoms with van der Waals surface area (Å²) >= 11 is 6.08. The second-order valence-corrected chi connectivity index (χ2v) is 10.7. The van der Waals surface area contributed by atoms with E-state index in [1.165, 1.54) is 5.69 Å². The zero-order valence-electron chi connectivity index (χ0n) is 22.9. The zero-order valence-corrected chi connectivity index (χ0v) is 23.7. The smallest absolute Gasteiger partial charge is 0.261 e. The summed E-state index contributed by atoms with van der Waals surface area (Å²) in [6.07, 6.45) is 2.81. The summed E-state index contributed by atoms with van der Waals surface area (Å²) in [5.74, 6) is 1.03. The first-order valence-corrected chi connectivity index (χ1v) is 13.9. The Hall–Kier alpha value is -4.19. The van der Waals surface area contributed by atoms with Gasteiger partial charge in [-0.3, -0.25) is 9.69 Å². The van der Waals surface area contributed by atoms with E-state index in [-0.39, 0.29) is 12.1 Å². The number of halogens is 1. The molecular formula is C29H32ClN9O2. The van der Waals surface area contributed by atoms with Crippen LogP contribution in [0.4, 0.5) is 11.6 Å². The SMILES string of the molecule is Cc1nc(N2CCN(Cc3cccn3C)CC2)nc2[nH]c(-c3c(NCC(O)c4cccc(Cl)c4)cc[nH]c3=O)nc12. The molecule has 11 nitrogen and oxygen atoms in total. The van der Waals surface area contributed by atoms with Crippen LogP contribution in [0.5, 0.6) is 0 Å². The van der Waals surface area contributed by atoms with Crippen LogP contribution in [0.25, 0.3) is 22.6 Å². The second-order valence-electron chi connectivity index (χ2n) is 10.3. The van der Waals surface area contributed by atoms with Gasteiger partial charge in [0.1, 0.15) is 16.9 Å². The topological polar surface area (TPSA) is 131 Å². The molecule has 1 atom stereocenters. The van der Waals surface area contributed by atoms with E-state index in [0.29, 0.717) is 44.8 Å². The molecule has 1 aromatic carbocycles. The van der Waals surface area contributed by atoms with E-state index in [2.05, 4.69) is 55.0 Å². The number of hydrogen-bond acceptors (Lipinski definition) is 8. The Balaban J connectivity index is 1.21. The molecule has 6 rings (SSSR count). The molecule has 212 valence electrons. The van der Waals surface area contributed by atoms with Crippen molar-refractivity contribution in [2.75, 3.05) is 42.9 Å². The van der Waals surface area contributed by atoms with Crippen molar-refractivity contribution in [3.63, 3.8) is 0 Å². The fraction of sp³-hybridized carbons (Fsp3) is 0.310. The molecule has 1 unspecified atom stereocenters. The number of aliphatic hydroxyl groups is 1. The van der Waals surface area contributed by atoms with Crippen LogP contribution < -0.4 is 15.8 Å². The monoisotopic (exact) mass is 573 g/mol. The number of aliphatic hydroxyl groups excluding tert-OH is 1. The van der Waals surface area contributed by atoms with E-state index in [1.807, 2.05) is 6.92 Å². The molecule has 4 aromatic heterocycles. The standard InChI is InChI=1S/C29H32ClN9O2/c1-18-25-27(36-29(33-18)39-13-11-38(12-14-39)17-21-7-4-10-37(21)2)35-26(34-25)24-22(8-9-31-28(24)41)32-16-23(40)19-5-3-6-20(30)15-19/h3-10,15,23,40H,11-14,16-17H2,1-2H3,(H2,31,32,41)(H,33,34,35,36). The van der Waals surface area contributed by atoms with Crippen LogP contribution in [0.3, 0.4) is 0 Å². The number of hydrogen-bond donors (Lipinski definition) is 4. The molecule has 1 saturated heterocycles. The van der Waals surface area contributed by atoms with Crippen molar-refractivity contribution < 1.29 is 5.11 Å². The van der Waals surface area contributed by atoms with Crippen LogP contribution >= 0.6 is 11.6 Å². The molecule has 1 aliphatic heterocycles. The number of pyridine rings is 1. The highest BCUT2D eigenvalue weighted by molar-refractivity contribution is 6.30. The first-order valence-electron chi connectivity index (χ1n) is 13.6. The van der Waals surface area contributed by atoms with Gasteiger partial charge in [-0.25, -0.2) is 9.97 Å². The van der Waals surface area contributed by atoms with Crippen LogP contribution in [0.15, 0.2) is 59.7 Å². The average Bonchev–Trinajstić information content (AvgIpc) is 3.58. The van der Waals surface area contributed by atoms with Gasteiger partial charge in [0.25, 0.3) is 5.56 Å². The molecule has 12 heteroatoms. The van der Waals surface area contributed by atoms with Crippen molar-refractivity contribution in [2.24, 2.45) is 7.05 Å². The third kappa shape index (κ3) is 5.69. The number of piperazine rings is 1. The fourth-order valence-corrected chi connectivity index (χ4v) is 5.38. The van der Waals surface area contributed by atoms with Gasteiger partial charge in [-0.05, 0) is 42.8 Å². The number of aromatic amines is 2. The van der Waals surface area contributed by atoms with Crippen molar-refractivity contribution in [1.82, 2.24) is 34.4 Å². The van der Waals surface area contributed by atoms with Crippen LogP contribution in [-0.2, 0) is 13.6 Å². The van der Waals surface area contributed by atoms with Gasteiger partial charge in [-0.15, -0.1) is 0 Å². The van der Waals surface area contributed by atoms with Crippen LogP contribution in [0.1, 0.15) is 23.1 Å². The van der Waals surface area contributed by atoms with Crippen LogP contribution in [-0.4, -0.2) is 72.2 Å². The lowest BCUT2D eigenvalue weighted by Crippen LogP contribution is -2.46. The highest BCUT2D eigenvalue weighted by Gasteiger charge is 2.23. The number of H-pyrrole nitrogens is 2. The maximum Gasteiger partial charge on any atom is 0.261 e. The number of imidazole rings is 1.